The number of hydrogen-bond donors (Lipinski definition) is 4. The Bertz CT molecular complexity index is 558. The standard InChI is InChI=1S/C8H14N6O3S3/c9-6(15)1-2-14(20(16)17)19-4-5-3-18-8(12-5)13-7(10)11/h3,20H,1-2,4H2,(H2,9,15)(H4,10,11,12,13). The van der Waals surface area contributed by atoms with Gasteiger partial charge in [0.1, 0.15) is 0 Å². The number of nitrogens with two attached hydrogens (primary N) is 3. The Morgan fingerprint density at radius 3 is 2.70 bits per heavy atom. The highest BCUT2D eigenvalue weighted by molar-refractivity contribution is 8.03. The fourth-order valence-electron chi connectivity index (χ4n) is 1.06. The number of hydrogen-bond acceptors (Lipinski definition) is 7. The minimum Gasteiger partial charge on any atom is -0.370 e. The molecule has 0 atom stereocenters. The second-order valence-corrected chi connectivity index (χ2v) is 6.51. The number of nitrogens with zero attached hydrogens (tertiary/aromatic N) is 3. The number of guanidine groups is 1. The molecule has 0 saturated heterocycles. The Labute approximate surface area is 125 Å². The zero-order chi connectivity index (χ0) is 15.1. The third kappa shape index (κ3) is 6.18. The minimum absolute atomic E-state index is 0.0313. The summed E-state index contributed by atoms with van der Waals surface area (Å²) in [6.07, 6.45) is -0.0351. The van der Waals surface area contributed by atoms with Crippen LogP contribution in [0.5, 0.6) is 0 Å². The number of thiol groups is 1. The van der Waals surface area contributed by atoms with Crippen molar-refractivity contribution in [2.75, 3.05) is 6.54 Å². The summed E-state index contributed by atoms with van der Waals surface area (Å²) in [5.41, 5.74) is 16.1. The van der Waals surface area contributed by atoms with E-state index in [9.17, 15) is 13.2 Å². The van der Waals surface area contributed by atoms with Crippen molar-refractivity contribution in [1.82, 2.24) is 8.69 Å². The molecule has 0 aliphatic carbocycles. The molecule has 0 saturated carbocycles. The summed E-state index contributed by atoms with van der Waals surface area (Å²) in [6, 6.07) is 0. The summed E-state index contributed by atoms with van der Waals surface area (Å²) < 4.78 is 23.1. The number of thiazole rings is 1. The number of primary amides is 1. The van der Waals surface area contributed by atoms with Crippen LogP contribution in [0, 0.1) is 0 Å². The Kier molecular flexibility index (Phi) is 6.70. The molecule has 1 heterocycles. The maximum Gasteiger partial charge on any atom is 0.218 e. The molecule has 1 rings (SSSR count). The number of carbonyl (C=O) groups excluding carboxylic acids is 1. The molecule has 0 unspecified atom stereocenters. The second kappa shape index (κ2) is 8.04. The van der Waals surface area contributed by atoms with Gasteiger partial charge in [0.15, 0.2) is 5.96 Å². The Hall–Kier alpha value is -1.37. The predicted octanol–water partition coefficient (Wildman–Crippen LogP) is -1.10. The lowest BCUT2D eigenvalue weighted by atomic mass is 10.4. The zero-order valence-corrected chi connectivity index (χ0v) is 12.8. The topological polar surface area (TPSA) is 158 Å². The van der Waals surface area contributed by atoms with Crippen LogP contribution in [0.25, 0.3) is 0 Å². The highest BCUT2D eigenvalue weighted by Gasteiger charge is 2.11. The third-order valence-electron chi connectivity index (χ3n) is 1.86. The number of aromatic nitrogens is 1. The van der Waals surface area contributed by atoms with Gasteiger partial charge in [-0.15, -0.1) is 15.0 Å². The van der Waals surface area contributed by atoms with Crippen molar-refractivity contribution < 1.29 is 13.2 Å². The van der Waals surface area contributed by atoms with Crippen LogP contribution in [-0.4, -0.2) is 35.5 Å². The monoisotopic (exact) mass is 338 g/mol. The van der Waals surface area contributed by atoms with Crippen LogP contribution in [0.1, 0.15) is 12.1 Å². The summed E-state index contributed by atoms with van der Waals surface area (Å²) in [5.74, 6) is -0.334. The third-order valence-corrected chi connectivity index (χ3v) is 4.86. The molecular formula is C8H14N6O3S3. The van der Waals surface area contributed by atoms with Gasteiger partial charge in [-0.3, -0.25) is 4.79 Å². The first-order valence-corrected chi connectivity index (χ1v) is 8.21. The molecule has 1 aromatic heterocycles. The molecule has 20 heavy (non-hydrogen) atoms. The highest BCUT2D eigenvalue weighted by atomic mass is 32.2. The van der Waals surface area contributed by atoms with E-state index in [1.54, 1.807) is 5.38 Å². The molecule has 112 valence electrons. The maximum absolute atomic E-state index is 11.0. The average Bonchev–Trinajstić information content (AvgIpc) is 2.74. The molecular weight excluding hydrogens is 324 g/mol. The first-order chi connectivity index (χ1) is 9.38. The zero-order valence-electron chi connectivity index (χ0n) is 10.3. The van der Waals surface area contributed by atoms with E-state index < -0.39 is 16.8 Å². The summed E-state index contributed by atoms with van der Waals surface area (Å²) in [5, 5.41) is 2.12. The largest absolute Gasteiger partial charge is 0.370 e. The van der Waals surface area contributed by atoms with E-state index in [0.29, 0.717) is 16.6 Å². The van der Waals surface area contributed by atoms with Crippen LogP contribution in [0.3, 0.4) is 0 Å². The summed E-state index contributed by atoms with van der Waals surface area (Å²) >= 11 is 2.26. The van der Waals surface area contributed by atoms with Crippen molar-refractivity contribution in [3.05, 3.63) is 11.1 Å². The van der Waals surface area contributed by atoms with Crippen molar-refractivity contribution >= 4 is 51.2 Å². The van der Waals surface area contributed by atoms with E-state index in [1.165, 1.54) is 11.3 Å². The molecule has 12 heteroatoms. The quantitative estimate of drug-likeness (QED) is 0.203. The van der Waals surface area contributed by atoms with Gasteiger partial charge in [-0.05, 0) is 0 Å². The number of aliphatic imine (C=N–C) groups is 1. The summed E-state index contributed by atoms with van der Waals surface area (Å²) in [4.78, 5) is 18.5. The molecule has 0 spiro atoms. The fraction of sp³-hybridized carbons (Fsp3) is 0.375. The summed E-state index contributed by atoms with van der Waals surface area (Å²) in [6.45, 7) is 0.0313. The molecule has 0 fully saturated rings. The van der Waals surface area contributed by atoms with E-state index >= 15 is 0 Å². The second-order valence-electron chi connectivity index (χ2n) is 3.46. The molecule has 0 aliphatic rings. The van der Waals surface area contributed by atoms with Gasteiger partial charge in [-0.1, -0.05) is 11.9 Å². The van der Waals surface area contributed by atoms with Crippen LogP contribution in [0.2, 0.25) is 0 Å². The van der Waals surface area contributed by atoms with E-state index in [0.717, 1.165) is 15.7 Å². The van der Waals surface area contributed by atoms with Gasteiger partial charge in [0, 0.05) is 18.3 Å². The molecule has 0 aliphatic heterocycles. The van der Waals surface area contributed by atoms with Gasteiger partial charge < -0.3 is 17.2 Å². The van der Waals surface area contributed by atoms with Gasteiger partial charge in [0.05, 0.1) is 11.4 Å². The molecule has 1 aromatic rings. The minimum atomic E-state index is -2.80. The Morgan fingerprint density at radius 2 is 2.15 bits per heavy atom. The van der Waals surface area contributed by atoms with E-state index in [-0.39, 0.29) is 18.9 Å². The van der Waals surface area contributed by atoms with Gasteiger partial charge >= 0.3 is 0 Å². The molecule has 1 amide bonds. The normalized spacial score (nSPS) is 10.9. The van der Waals surface area contributed by atoms with Gasteiger partial charge in [0.2, 0.25) is 21.9 Å². The van der Waals surface area contributed by atoms with Crippen molar-refractivity contribution in [2.24, 2.45) is 22.2 Å². The van der Waals surface area contributed by atoms with E-state index in [4.69, 9.17) is 17.2 Å². The number of carbonyl (C=O) groups is 1. The van der Waals surface area contributed by atoms with E-state index in [1.807, 2.05) is 0 Å². The maximum atomic E-state index is 11.0. The first kappa shape index (κ1) is 16.7. The highest BCUT2D eigenvalue weighted by Crippen LogP contribution is 2.23. The van der Waals surface area contributed by atoms with Gasteiger partial charge in [0.25, 0.3) is 0 Å². The molecule has 0 radical (unpaired) electrons. The fourth-order valence-corrected chi connectivity index (χ4v) is 3.34. The van der Waals surface area contributed by atoms with Crippen LogP contribution >= 0.6 is 23.3 Å². The van der Waals surface area contributed by atoms with Crippen molar-refractivity contribution in [2.45, 2.75) is 12.2 Å². The molecule has 0 bridgehead atoms. The Balaban J connectivity index is 2.56. The predicted molar refractivity (Wildman–Crippen MR) is 79.7 cm³/mol. The lowest BCUT2D eigenvalue weighted by Gasteiger charge is -2.11. The lowest BCUT2D eigenvalue weighted by molar-refractivity contribution is -0.117. The van der Waals surface area contributed by atoms with Crippen LogP contribution in [0.4, 0.5) is 5.13 Å². The molecule has 0 aromatic carbocycles. The molecule has 6 N–H and O–H groups in total. The van der Waals surface area contributed by atoms with Crippen LogP contribution < -0.4 is 17.2 Å². The van der Waals surface area contributed by atoms with Crippen molar-refractivity contribution in [3.8, 4) is 0 Å². The van der Waals surface area contributed by atoms with Crippen molar-refractivity contribution in [3.63, 3.8) is 0 Å². The smallest absolute Gasteiger partial charge is 0.218 e. The molecule has 9 nitrogen and oxygen atoms in total. The van der Waals surface area contributed by atoms with E-state index in [2.05, 4.69) is 9.98 Å². The Morgan fingerprint density at radius 1 is 1.45 bits per heavy atom. The van der Waals surface area contributed by atoms with Crippen LogP contribution in [-0.2, 0) is 21.4 Å². The summed E-state index contributed by atoms with van der Waals surface area (Å²) in [7, 11) is -2.80. The lowest BCUT2D eigenvalue weighted by Crippen LogP contribution is -2.22. The van der Waals surface area contributed by atoms with Gasteiger partial charge in [-0.2, -0.15) is 4.99 Å². The number of amides is 1. The SMILES string of the molecule is NC(=O)CCN(SCc1csc(N=C(N)N)n1)[SH](=O)=O. The first-order valence-electron chi connectivity index (χ1n) is 5.25. The van der Waals surface area contributed by atoms with Crippen molar-refractivity contribution in [1.29, 1.82) is 0 Å². The van der Waals surface area contributed by atoms with Crippen LogP contribution in [0.15, 0.2) is 10.4 Å². The van der Waals surface area contributed by atoms with Gasteiger partial charge in [-0.25, -0.2) is 13.4 Å². The number of rotatable bonds is 8. The average molecular weight is 338 g/mol.